The molecule has 3 heterocycles. The van der Waals surface area contributed by atoms with E-state index in [1.807, 2.05) is 32.2 Å². The predicted molar refractivity (Wildman–Crippen MR) is 134 cm³/mol. The lowest BCUT2D eigenvalue weighted by Crippen LogP contribution is -2.43. The van der Waals surface area contributed by atoms with E-state index in [4.69, 9.17) is 9.47 Å². The molecule has 1 N–H and O–H groups in total. The summed E-state index contributed by atoms with van der Waals surface area (Å²) in [5.74, 6) is -0.761. The topological polar surface area (TPSA) is 85.7 Å². The molecule has 0 radical (unpaired) electrons. The zero-order chi connectivity index (χ0) is 25.0. The van der Waals surface area contributed by atoms with Gasteiger partial charge < -0.3 is 14.6 Å². The van der Waals surface area contributed by atoms with Crippen LogP contribution in [-0.2, 0) is 19.1 Å². The Morgan fingerprint density at radius 2 is 2.00 bits per heavy atom. The molecule has 1 aromatic heterocycles. The van der Waals surface area contributed by atoms with Crippen molar-refractivity contribution < 1.29 is 24.2 Å². The van der Waals surface area contributed by atoms with Crippen molar-refractivity contribution >= 4 is 29.2 Å². The van der Waals surface area contributed by atoms with Gasteiger partial charge >= 0.3 is 5.97 Å². The highest BCUT2D eigenvalue weighted by Gasteiger charge is 2.37. The number of Topliss-reactive ketones (excluding diaryl/α,β-unsaturated/α-hetero) is 1. The number of cyclic esters (lactones) is 1. The first-order chi connectivity index (χ1) is 16.0. The smallest absolute Gasteiger partial charge is 0.331 e. The fraction of sp³-hybridized carbons (Fsp3) is 0.667. The second-order valence-electron chi connectivity index (χ2n) is 10.6. The van der Waals surface area contributed by atoms with Crippen molar-refractivity contribution in [2.24, 2.45) is 23.2 Å². The van der Waals surface area contributed by atoms with Crippen LogP contribution in [0.25, 0.3) is 6.08 Å². The zero-order valence-electron chi connectivity index (χ0n) is 21.2. The summed E-state index contributed by atoms with van der Waals surface area (Å²) in [4.78, 5) is 30.4. The third kappa shape index (κ3) is 6.64. The van der Waals surface area contributed by atoms with Gasteiger partial charge in [0.15, 0.2) is 0 Å². The van der Waals surface area contributed by atoms with Gasteiger partial charge in [0.05, 0.1) is 29.5 Å². The molecular formula is C27H39NO5S. The normalized spacial score (nSPS) is 34.6. The van der Waals surface area contributed by atoms with Gasteiger partial charge in [-0.15, -0.1) is 11.3 Å². The number of rotatable bonds is 2. The Balaban J connectivity index is 1.85. The number of allylic oxidation sites excluding steroid dienone is 1. The third-order valence-corrected chi connectivity index (χ3v) is 8.07. The highest BCUT2D eigenvalue weighted by Crippen LogP contribution is 2.34. The number of nitrogens with zero attached hydrogens (tertiary/aromatic N) is 1. The van der Waals surface area contributed by atoms with Crippen LogP contribution in [0.2, 0.25) is 0 Å². The lowest BCUT2D eigenvalue weighted by atomic mass is 9.76. The van der Waals surface area contributed by atoms with E-state index in [-0.39, 0.29) is 23.9 Å². The number of esters is 1. The highest BCUT2D eigenvalue weighted by molar-refractivity contribution is 7.09. The van der Waals surface area contributed by atoms with E-state index in [0.29, 0.717) is 18.9 Å². The number of hydrogen-bond donors (Lipinski definition) is 1. The molecule has 1 saturated heterocycles. The number of ketones is 1. The molecule has 34 heavy (non-hydrogen) atoms. The number of aromatic nitrogens is 1. The fourth-order valence-corrected chi connectivity index (χ4v) is 5.44. The first-order valence-electron chi connectivity index (χ1n) is 12.3. The third-order valence-electron chi connectivity index (χ3n) is 7.27. The summed E-state index contributed by atoms with van der Waals surface area (Å²) in [6.45, 7) is 11.9. The molecule has 0 unspecified atom stereocenters. The molecule has 0 amide bonds. The number of fused-ring (bicyclic) bond motifs is 1. The molecule has 1 fully saturated rings. The lowest BCUT2D eigenvalue weighted by molar-refractivity contribution is -0.152. The maximum absolute atomic E-state index is 13.1. The molecule has 0 aliphatic carbocycles. The van der Waals surface area contributed by atoms with E-state index in [1.165, 1.54) is 6.08 Å². The van der Waals surface area contributed by atoms with Crippen molar-refractivity contribution in [3.63, 3.8) is 0 Å². The van der Waals surface area contributed by atoms with Gasteiger partial charge in [0.25, 0.3) is 0 Å². The minimum atomic E-state index is -0.887. The predicted octanol–water partition coefficient (Wildman–Crippen LogP) is 5.14. The Bertz CT molecular complexity index is 933. The van der Waals surface area contributed by atoms with Crippen LogP contribution in [0.4, 0.5) is 0 Å². The summed E-state index contributed by atoms with van der Waals surface area (Å²) in [5.41, 5.74) is 0.926. The van der Waals surface area contributed by atoms with Gasteiger partial charge in [-0.05, 0) is 64.5 Å². The minimum absolute atomic E-state index is 0.00891. The lowest BCUT2D eigenvalue weighted by Gasteiger charge is -2.39. The van der Waals surface area contributed by atoms with Gasteiger partial charge in [-0.3, -0.25) is 4.79 Å². The van der Waals surface area contributed by atoms with Crippen LogP contribution in [-0.4, -0.2) is 46.8 Å². The van der Waals surface area contributed by atoms with E-state index in [2.05, 4.69) is 4.98 Å². The van der Waals surface area contributed by atoms with Crippen LogP contribution in [0, 0.1) is 30.1 Å². The average molecular weight is 490 g/mol. The number of carbonyl (C=O) groups is 2. The first kappa shape index (κ1) is 26.8. The number of carbonyl (C=O) groups excluding carboxylic acids is 2. The van der Waals surface area contributed by atoms with E-state index in [9.17, 15) is 14.7 Å². The number of aliphatic hydroxyl groups excluding tert-OH is 1. The second kappa shape index (κ2) is 11.3. The Labute approximate surface area is 207 Å². The molecule has 0 aromatic carbocycles. The molecule has 188 valence electrons. The van der Waals surface area contributed by atoms with E-state index < -0.39 is 23.4 Å². The quantitative estimate of drug-likeness (QED) is 0.579. The number of hydrogen-bond acceptors (Lipinski definition) is 7. The second-order valence-corrected chi connectivity index (χ2v) is 11.6. The number of thiazole rings is 1. The van der Waals surface area contributed by atoms with Gasteiger partial charge in [0, 0.05) is 28.7 Å². The van der Waals surface area contributed by atoms with Crippen molar-refractivity contribution in [3.05, 3.63) is 33.8 Å². The average Bonchev–Trinajstić information content (AvgIpc) is 3.19. The molecule has 7 heteroatoms. The van der Waals surface area contributed by atoms with Crippen LogP contribution in [0.1, 0.15) is 71.0 Å². The molecule has 2 aliphatic heterocycles. The van der Waals surface area contributed by atoms with Crippen LogP contribution in [0.3, 0.4) is 0 Å². The summed E-state index contributed by atoms with van der Waals surface area (Å²) >= 11 is 1.59. The van der Waals surface area contributed by atoms with Gasteiger partial charge in [0.2, 0.25) is 0 Å². The summed E-state index contributed by atoms with van der Waals surface area (Å²) in [5, 5.41) is 13.8. The van der Waals surface area contributed by atoms with Crippen LogP contribution in [0.15, 0.2) is 23.1 Å². The van der Waals surface area contributed by atoms with Crippen molar-refractivity contribution in [1.82, 2.24) is 4.98 Å². The Morgan fingerprint density at radius 1 is 1.26 bits per heavy atom. The molecule has 1 aromatic rings. The standard InChI is InChI=1S/C27H39NO5S/c1-16-8-7-9-22-20(14-32-22)13-23(17(2)12-21-15-34-19(4)28-21)33-24(29)10-11-27(5,6)26(31)18(3)25(16)30/h10-12,15-16,18,20,22-23,25,30H,7-9,13-14H2,1-6H3/b11-10+,17-12+/t16-,18+,20+,22-,23-,25-/m0/s1. The monoisotopic (exact) mass is 489 g/mol. The van der Waals surface area contributed by atoms with Crippen molar-refractivity contribution in [2.75, 3.05) is 6.61 Å². The molecule has 6 atom stereocenters. The number of aryl methyl sites for hydroxylation is 1. The molecule has 0 spiro atoms. The Kier molecular flexibility index (Phi) is 8.87. The molecular weight excluding hydrogens is 450 g/mol. The summed E-state index contributed by atoms with van der Waals surface area (Å²) in [7, 11) is 0. The van der Waals surface area contributed by atoms with Gasteiger partial charge in [-0.2, -0.15) is 0 Å². The van der Waals surface area contributed by atoms with Gasteiger partial charge in [0.1, 0.15) is 11.9 Å². The molecule has 0 bridgehead atoms. The Hall–Kier alpha value is -1.83. The number of aliphatic hydroxyl groups is 1. The zero-order valence-corrected chi connectivity index (χ0v) is 22.1. The van der Waals surface area contributed by atoms with E-state index >= 15 is 0 Å². The summed E-state index contributed by atoms with van der Waals surface area (Å²) in [6, 6.07) is 0. The van der Waals surface area contributed by atoms with Crippen LogP contribution < -0.4 is 0 Å². The first-order valence-corrected chi connectivity index (χ1v) is 13.2. The maximum Gasteiger partial charge on any atom is 0.331 e. The Morgan fingerprint density at radius 3 is 2.62 bits per heavy atom. The van der Waals surface area contributed by atoms with Crippen LogP contribution >= 0.6 is 11.3 Å². The summed E-state index contributed by atoms with van der Waals surface area (Å²) < 4.78 is 11.7. The van der Waals surface area contributed by atoms with E-state index in [0.717, 1.165) is 35.5 Å². The largest absolute Gasteiger partial charge is 0.455 e. The molecule has 2 aliphatic rings. The summed E-state index contributed by atoms with van der Waals surface area (Å²) in [6.07, 6.45) is 7.30. The van der Waals surface area contributed by atoms with Gasteiger partial charge in [-0.1, -0.05) is 26.3 Å². The molecule has 3 rings (SSSR count). The van der Waals surface area contributed by atoms with E-state index in [1.54, 1.807) is 38.2 Å². The van der Waals surface area contributed by atoms with Crippen molar-refractivity contribution in [2.45, 2.75) is 85.5 Å². The molecule has 6 nitrogen and oxygen atoms in total. The van der Waals surface area contributed by atoms with Crippen LogP contribution in [0.5, 0.6) is 0 Å². The minimum Gasteiger partial charge on any atom is -0.455 e. The fourth-order valence-electron chi connectivity index (χ4n) is 4.87. The highest BCUT2D eigenvalue weighted by atomic mass is 32.1. The van der Waals surface area contributed by atoms with Crippen molar-refractivity contribution in [1.29, 1.82) is 0 Å². The maximum atomic E-state index is 13.1. The SMILES string of the molecule is C/C(=C\c1csc(C)n1)[C@@H]1C[C@@H]2CO[C@H]2CCC[C@H](C)[C@H](O)[C@@H](C)C(=O)C(C)(C)/C=C/C(=O)O1. The van der Waals surface area contributed by atoms with Crippen molar-refractivity contribution in [3.8, 4) is 0 Å². The molecule has 0 saturated carbocycles. The number of ether oxygens (including phenoxy) is 2. The van der Waals surface area contributed by atoms with Gasteiger partial charge in [-0.25, -0.2) is 9.78 Å².